The van der Waals surface area contributed by atoms with Crippen LogP contribution in [0.4, 0.5) is 10.1 Å². The third kappa shape index (κ3) is 4.26. The zero-order valence-electron chi connectivity index (χ0n) is 16.0. The van der Waals surface area contributed by atoms with Gasteiger partial charge < -0.3 is 4.90 Å². The quantitative estimate of drug-likeness (QED) is 0.585. The van der Waals surface area contributed by atoms with Gasteiger partial charge in [0.25, 0.3) is 0 Å². The highest BCUT2D eigenvalue weighted by Crippen LogP contribution is 2.30. The Labute approximate surface area is 167 Å². The van der Waals surface area contributed by atoms with Crippen molar-refractivity contribution in [3.63, 3.8) is 0 Å². The molecule has 0 radical (unpaired) electrons. The van der Waals surface area contributed by atoms with Gasteiger partial charge >= 0.3 is 0 Å². The van der Waals surface area contributed by atoms with Crippen LogP contribution in [-0.4, -0.2) is 10.9 Å². The highest BCUT2D eigenvalue weighted by molar-refractivity contribution is 7.15. The number of hydrogen-bond donors (Lipinski definition) is 0. The summed E-state index contributed by atoms with van der Waals surface area (Å²) in [7, 11) is 0. The van der Waals surface area contributed by atoms with Crippen molar-refractivity contribution in [1.29, 1.82) is 5.26 Å². The number of anilines is 1. The summed E-state index contributed by atoms with van der Waals surface area (Å²) >= 11 is 1.65. The van der Waals surface area contributed by atoms with E-state index < -0.39 is 5.82 Å². The summed E-state index contributed by atoms with van der Waals surface area (Å²) < 4.78 is 13.9. The maximum Gasteiger partial charge on any atom is 0.227 e. The number of rotatable bonds is 5. The van der Waals surface area contributed by atoms with Crippen LogP contribution in [0.2, 0.25) is 0 Å². The molecule has 1 aromatic heterocycles. The minimum absolute atomic E-state index is 0.132. The first-order chi connectivity index (χ1) is 13.4. The van der Waals surface area contributed by atoms with Gasteiger partial charge in [-0.3, -0.25) is 4.79 Å². The molecule has 4 nitrogen and oxygen atoms in total. The fourth-order valence-electron chi connectivity index (χ4n) is 3.05. The van der Waals surface area contributed by atoms with Crippen molar-refractivity contribution in [2.45, 2.75) is 33.7 Å². The van der Waals surface area contributed by atoms with Gasteiger partial charge in [0.2, 0.25) is 5.91 Å². The van der Waals surface area contributed by atoms with Gasteiger partial charge in [-0.2, -0.15) is 5.26 Å². The van der Waals surface area contributed by atoms with Crippen molar-refractivity contribution in [1.82, 2.24) is 4.98 Å². The van der Waals surface area contributed by atoms with Gasteiger partial charge in [-0.25, -0.2) is 9.37 Å². The predicted molar refractivity (Wildman–Crippen MR) is 110 cm³/mol. The van der Waals surface area contributed by atoms with Crippen molar-refractivity contribution in [2.24, 2.45) is 0 Å². The Balaban J connectivity index is 1.90. The van der Waals surface area contributed by atoms with E-state index in [1.807, 2.05) is 44.2 Å². The van der Waals surface area contributed by atoms with Crippen molar-refractivity contribution in [2.75, 3.05) is 4.90 Å². The van der Waals surface area contributed by atoms with Crippen LogP contribution < -0.4 is 4.90 Å². The van der Waals surface area contributed by atoms with E-state index in [0.717, 1.165) is 32.8 Å². The van der Waals surface area contributed by atoms with E-state index in [4.69, 9.17) is 5.26 Å². The summed E-state index contributed by atoms with van der Waals surface area (Å²) in [4.78, 5) is 19.6. The van der Waals surface area contributed by atoms with E-state index in [2.05, 4.69) is 4.98 Å². The minimum Gasteiger partial charge on any atom is -0.308 e. The highest BCUT2D eigenvalue weighted by Gasteiger charge is 2.17. The first-order valence-corrected chi connectivity index (χ1v) is 9.77. The maximum atomic E-state index is 13.9. The predicted octanol–water partition coefficient (Wildman–Crippen LogP) is 5.38. The Kier molecular flexibility index (Phi) is 5.86. The topological polar surface area (TPSA) is 57.0 Å². The largest absolute Gasteiger partial charge is 0.308 e. The Morgan fingerprint density at radius 1 is 1.21 bits per heavy atom. The molecule has 0 fully saturated rings. The molecule has 0 aliphatic rings. The van der Waals surface area contributed by atoms with E-state index >= 15 is 0 Å². The monoisotopic (exact) mass is 393 g/mol. The number of halogens is 1. The number of thiazole rings is 1. The Morgan fingerprint density at radius 3 is 2.50 bits per heavy atom. The average molecular weight is 393 g/mol. The molecule has 3 aromatic rings. The summed E-state index contributed by atoms with van der Waals surface area (Å²) in [6.07, 6.45) is 0.288. The number of carbonyl (C=O) groups is 1. The van der Waals surface area contributed by atoms with Gasteiger partial charge in [-0.05, 0) is 43.2 Å². The Hall–Kier alpha value is -3.04. The molecule has 0 atom stereocenters. The van der Waals surface area contributed by atoms with Gasteiger partial charge in [0, 0.05) is 12.1 Å². The Morgan fingerprint density at radius 2 is 1.93 bits per heavy atom. The van der Waals surface area contributed by atoms with E-state index in [-0.39, 0.29) is 17.9 Å². The first kappa shape index (κ1) is 19.7. The number of nitrogens with zero attached hydrogens (tertiary/aromatic N) is 3. The lowest BCUT2D eigenvalue weighted by atomic mass is 10.1. The second-order valence-electron chi connectivity index (χ2n) is 6.49. The van der Waals surface area contributed by atoms with E-state index in [0.29, 0.717) is 12.2 Å². The van der Waals surface area contributed by atoms with Crippen molar-refractivity contribution in [3.8, 4) is 16.5 Å². The molecule has 3 rings (SSSR count). The second kappa shape index (κ2) is 8.32. The minimum atomic E-state index is -0.533. The second-order valence-corrected chi connectivity index (χ2v) is 7.69. The van der Waals surface area contributed by atoms with Crippen molar-refractivity contribution >= 4 is 22.9 Å². The van der Waals surface area contributed by atoms with Gasteiger partial charge in [0.1, 0.15) is 5.82 Å². The molecule has 0 unspecified atom stereocenters. The molecule has 0 aliphatic carbocycles. The summed E-state index contributed by atoms with van der Waals surface area (Å²) in [5.41, 5.74) is 3.59. The summed E-state index contributed by atoms with van der Waals surface area (Å²) in [5, 5.41) is 10.1. The molecule has 6 heteroatoms. The Bertz CT molecular complexity index is 1050. The SMILES string of the molecule is CCC(=O)N(Cc1ccc(-c2sc(C)nc2C)cc1)c1cc(F)cc(C#N)c1. The molecular weight excluding hydrogens is 373 g/mol. The number of benzene rings is 2. The van der Waals surface area contributed by atoms with Crippen LogP contribution in [-0.2, 0) is 11.3 Å². The molecule has 0 spiro atoms. The van der Waals surface area contributed by atoms with Crippen LogP contribution >= 0.6 is 11.3 Å². The lowest BCUT2D eigenvalue weighted by Crippen LogP contribution is -2.29. The summed E-state index contributed by atoms with van der Waals surface area (Å²) in [6, 6.07) is 13.9. The van der Waals surface area contributed by atoms with Crippen LogP contribution in [0.3, 0.4) is 0 Å². The van der Waals surface area contributed by atoms with Gasteiger partial charge in [-0.1, -0.05) is 31.2 Å². The van der Waals surface area contributed by atoms with E-state index in [1.165, 1.54) is 17.0 Å². The summed E-state index contributed by atoms with van der Waals surface area (Å²) in [5.74, 6) is -0.665. The zero-order valence-corrected chi connectivity index (χ0v) is 16.8. The third-order valence-electron chi connectivity index (χ3n) is 4.39. The van der Waals surface area contributed by atoms with E-state index in [1.54, 1.807) is 18.3 Å². The molecule has 0 N–H and O–H groups in total. The van der Waals surface area contributed by atoms with Gasteiger partial charge in [-0.15, -0.1) is 11.3 Å². The molecule has 28 heavy (non-hydrogen) atoms. The standard InChI is InChI=1S/C22H20FN3OS/c1-4-21(27)26(20-10-17(12-24)9-19(23)11-20)13-16-5-7-18(8-6-16)22-14(2)25-15(3)28-22/h5-11H,4,13H2,1-3H3. The van der Waals surface area contributed by atoms with Crippen LogP contribution in [0.25, 0.3) is 10.4 Å². The molecular formula is C22H20FN3OS. The highest BCUT2D eigenvalue weighted by atomic mass is 32.1. The summed E-state index contributed by atoms with van der Waals surface area (Å²) in [6.45, 7) is 6.04. The van der Waals surface area contributed by atoms with Crippen LogP contribution in [0.5, 0.6) is 0 Å². The lowest BCUT2D eigenvalue weighted by molar-refractivity contribution is -0.118. The maximum absolute atomic E-state index is 13.9. The van der Waals surface area contributed by atoms with Crippen LogP contribution in [0.1, 0.15) is 35.2 Å². The lowest BCUT2D eigenvalue weighted by Gasteiger charge is -2.23. The average Bonchev–Trinajstić information content (AvgIpc) is 3.03. The molecule has 0 aliphatic heterocycles. The van der Waals surface area contributed by atoms with Crippen molar-refractivity contribution < 1.29 is 9.18 Å². The molecule has 1 heterocycles. The number of carbonyl (C=O) groups excluding carboxylic acids is 1. The normalized spacial score (nSPS) is 10.5. The molecule has 0 bridgehead atoms. The van der Waals surface area contributed by atoms with Gasteiger partial charge in [0.15, 0.2) is 0 Å². The fourth-order valence-corrected chi connectivity index (χ4v) is 3.98. The first-order valence-electron chi connectivity index (χ1n) is 8.95. The van der Waals surface area contributed by atoms with Crippen molar-refractivity contribution in [3.05, 3.63) is 70.1 Å². The molecule has 2 aromatic carbocycles. The fraction of sp³-hybridized carbons (Fsp3) is 0.227. The molecule has 0 saturated heterocycles. The number of amides is 1. The van der Waals surface area contributed by atoms with Crippen LogP contribution in [0, 0.1) is 31.0 Å². The smallest absolute Gasteiger partial charge is 0.227 e. The van der Waals surface area contributed by atoms with Crippen LogP contribution in [0.15, 0.2) is 42.5 Å². The molecule has 0 saturated carbocycles. The van der Waals surface area contributed by atoms with E-state index in [9.17, 15) is 9.18 Å². The number of aromatic nitrogens is 1. The van der Waals surface area contributed by atoms with Gasteiger partial charge in [0.05, 0.1) is 33.8 Å². The molecule has 142 valence electrons. The zero-order chi connectivity index (χ0) is 20.3. The molecule has 1 amide bonds. The number of nitriles is 1. The number of hydrogen-bond acceptors (Lipinski definition) is 4. The number of aryl methyl sites for hydroxylation is 2. The third-order valence-corrected chi connectivity index (χ3v) is 5.51.